The van der Waals surface area contributed by atoms with Gasteiger partial charge >= 0.3 is 0 Å². The molecule has 1 aliphatic heterocycles. The van der Waals surface area contributed by atoms with Gasteiger partial charge in [0.05, 0.1) is 39.1 Å². The van der Waals surface area contributed by atoms with E-state index in [1.165, 1.54) is 18.3 Å². The first-order chi connectivity index (χ1) is 22.8. The molecule has 0 saturated heterocycles. The fourth-order valence-corrected chi connectivity index (χ4v) is 7.62. The number of aliphatic hydroxyl groups is 2. The lowest BCUT2D eigenvalue weighted by Gasteiger charge is -2.22. The molecule has 256 valence electrons. The molecule has 0 aliphatic carbocycles. The molecule has 3 aromatic carbocycles. The molecule has 4 aromatic rings. The van der Waals surface area contributed by atoms with E-state index in [9.17, 15) is 36.2 Å². The van der Waals surface area contributed by atoms with E-state index in [1.807, 2.05) is 77.1 Å². The third-order valence-electron chi connectivity index (χ3n) is 8.28. The van der Waals surface area contributed by atoms with Gasteiger partial charge < -0.3 is 29.0 Å². The van der Waals surface area contributed by atoms with Crippen LogP contribution in [0.4, 0.5) is 5.69 Å². The van der Waals surface area contributed by atoms with Gasteiger partial charge in [0.2, 0.25) is 11.4 Å². The third kappa shape index (κ3) is 8.32. The van der Waals surface area contributed by atoms with Crippen molar-refractivity contribution in [2.45, 2.75) is 58.1 Å². The molecule has 0 amide bonds. The zero-order valence-electron chi connectivity index (χ0n) is 26.5. The molecular formula is C34H37N2O9S3-. The summed E-state index contributed by atoms with van der Waals surface area (Å²) in [5.74, 6) is 0.503. The second-order valence-corrected chi connectivity index (χ2v) is 15.9. The lowest BCUT2D eigenvalue weighted by atomic mass is 10.0. The summed E-state index contributed by atoms with van der Waals surface area (Å²) in [6.07, 6.45) is 4.51. The highest BCUT2D eigenvalue weighted by molar-refractivity contribution is 7.86. The van der Waals surface area contributed by atoms with Gasteiger partial charge in [0.25, 0.3) is 5.01 Å². The van der Waals surface area contributed by atoms with E-state index in [1.54, 1.807) is 12.1 Å². The van der Waals surface area contributed by atoms with Crippen molar-refractivity contribution in [3.8, 4) is 16.9 Å². The van der Waals surface area contributed by atoms with Crippen molar-refractivity contribution in [2.24, 2.45) is 0 Å². The Balaban J connectivity index is 1.57. The average Bonchev–Trinajstić information content (AvgIpc) is 3.57. The average molecular weight is 714 g/mol. The Bertz CT molecular complexity index is 2070. The van der Waals surface area contributed by atoms with Gasteiger partial charge in [0.15, 0.2) is 12.3 Å². The minimum Gasteiger partial charge on any atom is -0.748 e. The Morgan fingerprint density at radius 2 is 1.71 bits per heavy atom. The molecule has 2 N–H and O–H groups in total. The standard InChI is InChI=1S/C34H38N2O9S3/c1-3-24(17-34-36(13-7-15-47(39,40)41)30-19-27(21-37)28(22-38)20-32(30)46-34)16-33-35(14-12-23(2)48(42,43)44)29-18-26(10-11-31(29)45-33)25-8-5-4-6-9-25/h4-6,8-11,16-20,23,37-38H,3,7,12-15,21-22H2,1-2H3,(H-,39,40,41,42,43,44)/p-1. The maximum absolute atomic E-state index is 11.7. The van der Waals surface area contributed by atoms with E-state index in [0.717, 1.165) is 37.6 Å². The van der Waals surface area contributed by atoms with Gasteiger partial charge in [-0.05, 0) is 65.8 Å². The topological polar surface area (TPSA) is 171 Å². The predicted octanol–water partition coefficient (Wildman–Crippen LogP) is 4.63. The number of benzene rings is 3. The van der Waals surface area contributed by atoms with Gasteiger partial charge in [-0.15, -0.1) is 0 Å². The molecule has 48 heavy (non-hydrogen) atoms. The molecule has 1 aliphatic rings. The Hall–Kier alpha value is -3.63. The van der Waals surface area contributed by atoms with Gasteiger partial charge in [-0.1, -0.05) is 54.7 Å². The number of hydrogen-bond acceptors (Lipinski definition) is 11. The minimum absolute atomic E-state index is 0.0754. The zero-order chi connectivity index (χ0) is 34.6. The first-order valence-electron chi connectivity index (χ1n) is 15.5. The molecule has 0 saturated carbocycles. The third-order valence-corrected chi connectivity index (χ3v) is 11.4. The number of aromatic nitrogens is 1. The van der Waals surface area contributed by atoms with Crippen LogP contribution in [0, 0.1) is 0 Å². The number of nitrogens with zero attached hydrogens (tertiary/aromatic N) is 2. The summed E-state index contributed by atoms with van der Waals surface area (Å²) < 4.78 is 78.3. The fraction of sp³-hybridized carbons (Fsp3) is 0.324. The van der Waals surface area contributed by atoms with Crippen molar-refractivity contribution >= 4 is 53.6 Å². The Labute approximate surface area is 284 Å². The molecule has 11 nitrogen and oxygen atoms in total. The fourth-order valence-electron chi connectivity index (χ4n) is 5.53. The summed E-state index contributed by atoms with van der Waals surface area (Å²) in [5, 5.41) is 19.4. The highest BCUT2D eigenvalue weighted by Crippen LogP contribution is 2.42. The van der Waals surface area contributed by atoms with Gasteiger partial charge in [-0.3, -0.25) is 0 Å². The van der Waals surface area contributed by atoms with E-state index >= 15 is 0 Å². The van der Waals surface area contributed by atoms with E-state index in [-0.39, 0.29) is 39.1 Å². The van der Waals surface area contributed by atoms with Crippen LogP contribution in [0.5, 0.6) is 5.75 Å². The van der Waals surface area contributed by atoms with Crippen molar-refractivity contribution in [1.29, 1.82) is 0 Å². The SMILES string of the molecule is CC/C(C=C1Oc2ccc(-c3ccccc3)cc2N1CCC(C)S(=O)(=O)[O-])=C\c1sc2cc(CO)c(CO)cc2[n+]1CCCS(=O)(=O)[O-]. The molecule has 1 atom stereocenters. The van der Waals surface area contributed by atoms with Crippen molar-refractivity contribution < 1.29 is 45.5 Å². The molecule has 1 aromatic heterocycles. The normalized spacial score (nSPS) is 15.2. The van der Waals surface area contributed by atoms with Crippen molar-refractivity contribution in [2.75, 3.05) is 17.2 Å². The molecule has 14 heteroatoms. The summed E-state index contributed by atoms with van der Waals surface area (Å²) in [6.45, 7) is 3.23. The van der Waals surface area contributed by atoms with Crippen molar-refractivity contribution in [1.82, 2.24) is 0 Å². The maximum Gasteiger partial charge on any atom is 0.263 e. The smallest absolute Gasteiger partial charge is 0.263 e. The number of thiazole rings is 1. The van der Waals surface area contributed by atoms with Crippen LogP contribution < -0.4 is 14.2 Å². The molecule has 0 spiro atoms. The summed E-state index contributed by atoms with van der Waals surface area (Å²) in [7, 11) is -8.91. The van der Waals surface area contributed by atoms with Gasteiger partial charge in [0.1, 0.15) is 4.70 Å². The first kappa shape index (κ1) is 35.7. The number of allylic oxidation sites excluding steroid dienone is 2. The number of aliphatic hydroxyl groups excluding tert-OH is 2. The van der Waals surface area contributed by atoms with E-state index < -0.39 is 31.2 Å². The largest absolute Gasteiger partial charge is 0.748 e. The van der Waals surface area contributed by atoms with Crippen LogP contribution in [0.3, 0.4) is 0 Å². The predicted molar refractivity (Wildman–Crippen MR) is 183 cm³/mol. The van der Waals surface area contributed by atoms with E-state index in [0.29, 0.717) is 29.2 Å². The molecule has 0 fully saturated rings. The summed E-state index contributed by atoms with van der Waals surface area (Å²) in [5.41, 5.74) is 5.34. The lowest BCUT2D eigenvalue weighted by molar-refractivity contribution is -0.668. The summed E-state index contributed by atoms with van der Waals surface area (Å²) >= 11 is 1.42. The maximum atomic E-state index is 11.7. The monoisotopic (exact) mass is 713 g/mol. The summed E-state index contributed by atoms with van der Waals surface area (Å²) in [6, 6.07) is 19.1. The van der Waals surface area contributed by atoms with Crippen LogP contribution in [-0.4, -0.2) is 53.7 Å². The molecule has 2 heterocycles. The Kier molecular flexibility index (Phi) is 11.0. The number of aryl methyl sites for hydroxylation is 1. The first-order valence-corrected chi connectivity index (χ1v) is 19.3. The van der Waals surface area contributed by atoms with E-state index in [2.05, 4.69) is 0 Å². The zero-order valence-corrected chi connectivity index (χ0v) is 29.0. The second kappa shape index (κ2) is 14.9. The van der Waals surface area contributed by atoms with Crippen LogP contribution in [-0.2, 0) is 40.0 Å². The summed E-state index contributed by atoms with van der Waals surface area (Å²) in [4.78, 5) is 1.87. The van der Waals surface area contributed by atoms with Crippen LogP contribution in [0.25, 0.3) is 27.4 Å². The molecule has 0 radical (unpaired) electrons. The molecule has 1 unspecified atom stereocenters. The molecule has 0 bridgehead atoms. The number of rotatable bonds is 14. The van der Waals surface area contributed by atoms with Gasteiger partial charge in [-0.2, -0.15) is 4.57 Å². The van der Waals surface area contributed by atoms with Crippen LogP contribution in [0.2, 0.25) is 0 Å². The van der Waals surface area contributed by atoms with Crippen LogP contribution >= 0.6 is 11.3 Å². The minimum atomic E-state index is -4.49. The lowest BCUT2D eigenvalue weighted by Crippen LogP contribution is -2.36. The number of hydrogen-bond donors (Lipinski definition) is 2. The highest BCUT2D eigenvalue weighted by atomic mass is 32.2. The van der Waals surface area contributed by atoms with Crippen LogP contribution in [0.1, 0.15) is 49.2 Å². The van der Waals surface area contributed by atoms with Gasteiger partial charge in [0, 0.05) is 42.2 Å². The van der Waals surface area contributed by atoms with Gasteiger partial charge in [-0.25, -0.2) is 16.8 Å². The van der Waals surface area contributed by atoms with Crippen LogP contribution in [0.15, 0.2) is 78.2 Å². The van der Waals surface area contributed by atoms with Crippen molar-refractivity contribution in [3.63, 3.8) is 0 Å². The van der Waals surface area contributed by atoms with E-state index in [4.69, 9.17) is 4.74 Å². The number of anilines is 1. The number of fused-ring (bicyclic) bond motifs is 2. The molecular weight excluding hydrogens is 677 g/mol. The highest BCUT2D eigenvalue weighted by Gasteiger charge is 2.29. The number of ether oxygens (including phenoxy) is 1. The Morgan fingerprint density at radius 1 is 1.00 bits per heavy atom. The Morgan fingerprint density at radius 3 is 2.35 bits per heavy atom. The second-order valence-electron chi connectivity index (χ2n) is 11.6. The molecule has 5 rings (SSSR count). The quantitative estimate of drug-likeness (QED) is 0.139. The van der Waals surface area contributed by atoms with Crippen molar-refractivity contribution in [3.05, 3.63) is 94.3 Å².